The van der Waals surface area contributed by atoms with Crippen molar-refractivity contribution in [2.24, 2.45) is 0 Å². The Bertz CT molecular complexity index is 905. The van der Waals surface area contributed by atoms with Crippen LogP contribution in [0, 0.1) is 13.8 Å². The number of hydrogen-bond donors (Lipinski definition) is 1. The van der Waals surface area contributed by atoms with Gasteiger partial charge < -0.3 is 9.80 Å². The Labute approximate surface area is 160 Å². The Morgan fingerprint density at radius 1 is 1.00 bits per heavy atom. The zero-order valence-corrected chi connectivity index (χ0v) is 16.5. The van der Waals surface area contributed by atoms with Crippen molar-refractivity contribution in [3.63, 3.8) is 0 Å². The summed E-state index contributed by atoms with van der Waals surface area (Å²) in [6.07, 6.45) is 0. The summed E-state index contributed by atoms with van der Waals surface area (Å²) < 4.78 is 27.4. The van der Waals surface area contributed by atoms with Gasteiger partial charge in [-0.3, -0.25) is 4.79 Å². The minimum absolute atomic E-state index is 0.198. The zero-order chi connectivity index (χ0) is 19.4. The van der Waals surface area contributed by atoms with Crippen molar-refractivity contribution in [1.82, 2.24) is 9.62 Å². The van der Waals surface area contributed by atoms with E-state index in [4.69, 9.17) is 0 Å². The molecule has 0 unspecified atom stereocenters. The Kier molecular flexibility index (Phi) is 5.82. The third-order valence-corrected chi connectivity index (χ3v) is 6.35. The average Bonchev–Trinajstić information content (AvgIpc) is 2.67. The lowest BCUT2D eigenvalue weighted by Crippen LogP contribution is -2.51. The summed E-state index contributed by atoms with van der Waals surface area (Å²) in [5.41, 5.74) is 2.81. The molecule has 0 aliphatic carbocycles. The van der Waals surface area contributed by atoms with E-state index < -0.39 is 10.0 Å². The standard InChI is InChI=1S/C20H25N3O3S/c1-16-8-9-19(17(2)14-16)27(25,26)21-15-20(24)23-12-10-22(11-13-23)18-6-4-3-5-7-18/h3-9,14,21H,10-13,15H2,1-2H3. The molecule has 1 aliphatic heterocycles. The van der Waals surface area contributed by atoms with Crippen molar-refractivity contribution >= 4 is 21.6 Å². The molecule has 1 aliphatic rings. The maximum absolute atomic E-state index is 12.5. The zero-order valence-electron chi connectivity index (χ0n) is 15.7. The molecule has 0 aromatic heterocycles. The van der Waals surface area contributed by atoms with Crippen molar-refractivity contribution in [3.8, 4) is 0 Å². The first-order valence-corrected chi connectivity index (χ1v) is 10.5. The molecule has 144 valence electrons. The number of benzene rings is 2. The van der Waals surface area contributed by atoms with Crippen molar-refractivity contribution in [2.75, 3.05) is 37.6 Å². The van der Waals surface area contributed by atoms with Gasteiger partial charge in [-0.25, -0.2) is 13.1 Å². The fourth-order valence-electron chi connectivity index (χ4n) is 3.30. The van der Waals surface area contributed by atoms with Crippen molar-refractivity contribution in [3.05, 3.63) is 59.7 Å². The van der Waals surface area contributed by atoms with Gasteiger partial charge in [0.15, 0.2) is 0 Å². The number of hydrogen-bond acceptors (Lipinski definition) is 4. The molecule has 1 amide bonds. The number of piperazine rings is 1. The van der Waals surface area contributed by atoms with E-state index in [-0.39, 0.29) is 17.3 Å². The minimum atomic E-state index is -3.70. The number of para-hydroxylation sites is 1. The number of nitrogens with one attached hydrogen (secondary N) is 1. The SMILES string of the molecule is Cc1ccc(S(=O)(=O)NCC(=O)N2CCN(c3ccccc3)CC2)c(C)c1. The van der Waals surface area contributed by atoms with Crippen LogP contribution in [0.4, 0.5) is 5.69 Å². The summed E-state index contributed by atoms with van der Waals surface area (Å²) in [5.74, 6) is -0.198. The van der Waals surface area contributed by atoms with Crippen molar-refractivity contribution in [2.45, 2.75) is 18.7 Å². The van der Waals surface area contributed by atoms with Crippen LogP contribution in [-0.2, 0) is 14.8 Å². The molecule has 2 aromatic rings. The second-order valence-corrected chi connectivity index (χ2v) is 8.53. The molecule has 0 radical (unpaired) electrons. The number of aryl methyl sites for hydroxylation is 2. The molecule has 0 saturated carbocycles. The van der Waals surface area contributed by atoms with Crippen LogP contribution in [0.15, 0.2) is 53.4 Å². The summed E-state index contributed by atoms with van der Waals surface area (Å²) in [6.45, 7) is 6.08. The highest BCUT2D eigenvalue weighted by atomic mass is 32.2. The Morgan fingerprint density at radius 3 is 2.30 bits per heavy atom. The topological polar surface area (TPSA) is 69.7 Å². The van der Waals surface area contributed by atoms with Crippen molar-refractivity contribution in [1.29, 1.82) is 0 Å². The van der Waals surface area contributed by atoms with Gasteiger partial charge in [0.1, 0.15) is 0 Å². The molecule has 0 spiro atoms. The molecule has 0 atom stereocenters. The third-order valence-electron chi connectivity index (χ3n) is 4.79. The van der Waals surface area contributed by atoms with Gasteiger partial charge in [-0.2, -0.15) is 0 Å². The molecular weight excluding hydrogens is 362 g/mol. The second kappa shape index (κ2) is 8.10. The van der Waals surface area contributed by atoms with E-state index in [0.29, 0.717) is 18.7 Å². The lowest BCUT2D eigenvalue weighted by atomic mass is 10.2. The summed E-state index contributed by atoms with van der Waals surface area (Å²) in [7, 11) is -3.70. The number of anilines is 1. The van der Waals surface area contributed by atoms with Crippen LogP contribution >= 0.6 is 0 Å². The van der Waals surface area contributed by atoms with Crippen LogP contribution in [-0.4, -0.2) is 51.9 Å². The van der Waals surface area contributed by atoms with E-state index in [1.807, 2.05) is 31.2 Å². The van der Waals surface area contributed by atoms with Crippen LogP contribution in [0.1, 0.15) is 11.1 Å². The predicted octanol–water partition coefficient (Wildman–Crippen LogP) is 1.93. The quantitative estimate of drug-likeness (QED) is 0.851. The predicted molar refractivity (Wildman–Crippen MR) is 106 cm³/mol. The number of carbonyl (C=O) groups is 1. The lowest BCUT2D eigenvalue weighted by molar-refractivity contribution is -0.130. The molecule has 0 bridgehead atoms. The molecule has 1 saturated heterocycles. The van der Waals surface area contributed by atoms with Crippen LogP contribution in [0.2, 0.25) is 0 Å². The second-order valence-electron chi connectivity index (χ2n) is 6.80. The molecule has 1 N–H and O–H groups in total. The summed E-state index contributed by atoms with van der Waals surface area (Å²) in [4.78, 5) is 16.6. The average molecular weight is 388 g/mol. The van der Waals surface area contributed by atoms with Gasteiger partial charge in [-0.15, -0.1) is 0 Å². The van der Waals surface area contributed by atoms with Crippen LogP contribution in [0.25, 0.3) is 0 Å². The van der Waals surface area contributed by atoms with E-state index >= 15 is 0 Å². The summed E-state index contributed by atoms with van der Waals surface area (Å²) >= 11 is 0. The number of nitrogens with zero attached hydrogens (tertiary/aromatic N) is 2. The van der Waals surface area contributed by atoms with Gasteiger partial charge >= 0.3 is 0 Å². The van der Waals surface area contributed by atoms with Gasteiger partial charge in [0.2, 0.25) is 15.9 Å². The number of rotatable bonds is 5. The van der Waals surface area contributed by atoms with Gasteiger partial charge in [0.25, 0.3) is 0 Å². The minimum Gasteiger partial charge on any atom is -0.368 e. The highest BCUT2D eigenvalue weighted by molar-refractivity contribution is 7.89. The Morgan fingerprint density at radius 2 is 1.67 bits per heavy atom. The van der Waals surface area contributed by atoms with Crippen LogP contribution in [0.3, 0.4) is 0 Å². The van der Waals surface area contributed by atoms with E-state index in [0.717, 1.165) is 24.3 Å². The molecule has 27 heavy (non-hydrogen) atoms. The number of carbonyl (C=O) groups excluding carboxylic acids is 1. The van der Waals surface area contributed by atoms with E-state index in [1.54, 1.807) is 24.0 Å². The first-order valence-electron chi connectivity index (χ1n) is 9.01. The smallest absolute Gasteiger partial charge is 0.241 e. The molecular formula is C20H25N3O3S. The maximum Gasteiger partial charge on any atom is 0.241 e. The maximum atomic E-state index is 12.5. The van der Waals surface area contributed by atoms with Crippen LogP contribution in [0.5, 0.6) is 0 Å². The molecule has 7 heteroatoms. The normalized spacial score (nSPS) is 15.0. The van der Waals surface area contributed by atoms with Gasteiger partial charge in [-0.05, 0) is 37.6 Å². The van der Waals surface area contributed by atoms with Gasteiger partial charge in [0.05, 0.1) is 11.4 Å². The Balaban J connectivity index is 1.55. The first kappa shape index (κ1) is 19.4. The van der Waals surface area contributed by atoms with Crippen LogP contribution < -0.4 is 9.62 Å². The lowest BCUT2D eigenvalue weighted by Gasteiger charge is -2.36. The molecule has 2 aromatic carbocycles. The fourth-order valence-corrected chi connectivity index (χ4v) is 4.50. The molecule has 1 heterocycles. The van der Waals surface area contributed by atoms with Gasteiger partial charge in [0, 0.05) is 31.9 Å². The third kappa shape index (κ3) is 4.67. The molecule has 1 fully saturated rings. The molecule has 6 nitrogen and oxygen atoms in total. The Hall–Kier alpha value is -2.38. The largest absolute Gasteiger partial charge is 0.368 e. The highest BCUT2D eigenvalue weighted by Crippen LogP contribution is 2.17. The first-order chi connectivity index (χ1) is 12.9. The number of sulfonamides is 1. The molecule has 3 rings (SSSR count). The summed E-state index contributed by atoms with van der Waals surface area (Å²) in [6, 6.07) is 15.2. The van der Waals surface area contributed by atoms with Gasteiger partial charge in [-0.1, -0.05) is 35.9 Å². The monoisotopic (exact) mass is 387 g/mol. The van der Waals surface area contributed by atoms with E-state index in [9.17, 15) is 13.2 Å². The number of amides is 1. The van der Waals surface area contributed by atoms with E-state index in [2.05, 4.69) is 21.8 Å². The fraction of sp³-hybridized carbons (Fsp3) is 0.350. The van der Waals surface area contributed by atoms with Crippen molar-refractivity contribution < 1.29 is 13.2 Å². The summed E-state index contributed by atoms with van der Waals surface area (Å²) in [5, 5.41) is 0. The van der Waals surface area contributed by atoms with E-state index in [1.165, 1.54) is 0 Å². The highest BCUT2D eigenvalue weighted by Gasteiger charge is 2.23.